The summed E-state index contributed by atoms with van der Waals surface area (Å²) in [5.74, 6) is 1.31. The molecule has 0 aromatic carbocycles. The molecule has 0 atom stereocenters. The van der Waals surface area contributed by atoms with Crippen LogP contribution in [0.4, 0.5) is 0 Å². The second kappa shape index (κ2) is 18.6. The summed E-state index contributed by atoms with van der Waals surface area (Å²) in [6, 6.07) is 0. The molecular weight excluding hydrogens is 314 g/mol. The van der Waals surface area contributed by atoms with Crippen LogP contribution < -0.4 is 5.32 Å². The first-order valence-corrected chi connectivity index (χ1v) is 9.76. The molecule has 0 aromatic rings. The van der Waals surface area contributed by atoms with Crippen LogP contribution in [0.1, 0.15) is 84.0 Å². The summed E-state index contributed by atoms with van der Waals surface area (Å²) in [5, 5.41) is 2.76. The molecule has 0 aliphatic heterocycles. The van der Waals surface area contributed by atoms with Crippen molar-refractivity contribution in [1.29, 1.82) is 0 Å². The Morgan fingerprint density at radius 3 is 1.92 bits per heavy atom. The van der Waals surface area contributed by atoms with E-state index < -0.39 is 5.97 Å². The molecule has 0 spiro atoms. The number of hydrogen-bond donors (Lipinski definition) is 1. The Hall–Kier alpha value is -1.76. The first-order valence-electron chi connectivity index (χ1n) is 9.76. The van der Waals surface area contributed by atoms with Gasteiger partial charge >= 0.3 is 5.97 Å². The highest BCUT2D eigenvalue weighted by Crippen LogP contribution is 2.11. The molecule has 0 unspecified atom stereocenters. The summed E-state index contributed by atoms with van der Waals surface area (Å²) in [6.07, 6.45) is 22.7. The highest BCUT2D eigenvalue weighted by Gasteiger charge is 1.99. The van der Waals surface area contributed by atoms with E-state index in [2.05, 4.69) is 22.9 Å². The number of unbranched alkanes of at least 4 members (excludes halogenated alkanes) is 11. The van der Waals surface area contributed by atoms with Gasteiger partial charge < -0.3 is 10.1 Å². The van der Waals surface area contributed by atoms with Gasteiger partial charge in [0.25, 0.3) is 0 Å². The standard InChI is InChI=1S/C21H35NO3/c1-3-5-6-7-8-9-10-11-12-13-14-15-18-22-20(23)16-17-21(24)25-19-4-2/h2,16-17H,3,5-15,18-19H2,1H3,(H,22,23)/b17-16-. The molecule has 1 amide bonds. The van der Waals surface area contributed by atoms with Crippen molar-refractivity contribution in [3.05, 3.63) is 12.2 Å². The lowest BCUT2D eigenvalue weighted by atomic mass is 10.1. The maximum atomic E-state index is 11.5. The third kappa shape index (κ3) is 18.4. The molecule has 1 N–H and O–H groups in total. The van der Waals surface area contributed by atoms with Gasteiger partial charge in [0.2, 0.25) is 5.91 Å². The maximum Gasteiger partial charge on any atom is 0.331 e. The highest BCUT2D eigenvalue weighted by molar-refractivity contribution is 5.94. The van der Waals surface area contributed by atoms with Gasteiger partial charge in [0.15, 0.2) is 6.61 Å². The Morgan fingerprint density at radius 1 is 0.880 bits per heavy atom. The van der Waals surface area contributed by atoms with Gasteiger partial charge in [-0.05, 0) is 6.42 Å². The molecule has 25 heavy (non-hydrogen) atoms. The topological polar surface area (TPSA) is 55.4 Å². The van der Waals surface area contributed by atoms with Crippen LogP contribution in [0.5, 0.6) is 0 Å². The molecule has 0 fully saturated rings. The lowest BCUT2D eigenvalue weighted by molar-refractivity contribution is -0.136. The van der Waals surface area contributed by atoms with E-state index in [1.54, 1.807) is 0 Å². The predicted molar refractivity (Wildman–Crippen MR) is 103 cm³/mol. The van der Waals surface area contributed by atoms with Crippen LogP contribution >= 0.6 is 0 Å². The molecule has 0 saturated heterocycles. The molecule has 0 heterocycles. The molecule has 0 aliphatic carbocycles. The van der Waals surface area contributed by atoms with E-state index in [4.69, 9.17) is 6.42 Å². The summed E-state index contributed by atoms with van der Waals surface area (Å²) in [7, 11) is 0. The van der Waals surface area contributed by atoms with Gasteiger partial charge in [0, 0.05) is 18.7 Å². The van der Waals surface area contributed by atoms with Crippen molar-refractivity contribution in [2.24, 2.45) is 0 Å². The van der Waals surface area contributed by atoms with E-state index in [1.165, 1.54) is 70.3 Å². The molecule has 0 aliphatic rings. The Kier molecular flexibility index (Phi) is 17.3. The summed E-state index contributed by atoms with van der Waals surface area (Å²) < 4.78 is 4.62. The SMILES string of the molecule is C#CCOC(=O)/C=C\C(=O)NCCCCCCCCCCCCCC. The quantitative estimate of drug-likeness (QED) is 0.193. The largest absolute Gasteiger partial charge is 0.449 e. The zero-order valence-electron chi connectivity index (χ0n) is 15.9. The second-order valence-electron chi connectivity index (χ2n) is 6.33. The molecule has 0 bridgehead atoms. The summed E-state index contributed by atoms with van der Waals surface area (Å²) >= 11 is 0. The van der Waals surface area contributed by atoms with Gasteiger partial charge in [-0.15, -0.1) is 6.42 Å². The number of hydrogen-bond acceptors (Lipinski definition) is 3. The molecule has 0 aromatic heterocycles. The fraction of sp³-hybridized carbons (Fsp3) is 0.714. The van der Waals surface area contributed by atoms with Crippen molar-refractivity contribution < 1.29 is 14.3 Å². The summed E-state index contributed by atoms with van der Waals surface area (Å²) in [5.41, 5.74) is 0. The number of carbonyl (C=O) groups excluding carboxylic acids is 2. The third-order valence-electron chi connectivity index (χ3n) is 4.00. The Bertz CT molecular complexity index is 410. The second-order valence-corrected chi connectivity index (χ2v) is 6.33. The van der Waals surface area contributed by atoms with Crippen molar-refractivity contribution in [3.63, 3.8) is 0 Å². The molecule has 0 radical (unpaired) electrons. The van der Waals surface area contributed by atoms with Crippen molar-refractivity contribution in [3.8, 4) is 12.3 Å². The van der Waals surface area contributed by atoms with E-state index in [1.807, 2.05) is 0 Å². The Labute approximate surface area is 153 Å². The highest BCUT2D eigenvalue weighted by atomic mass is 16.5. The fourth-order valence-electron chi connectivity index (χ4n) is 2.54. The average Bonchev–Trinajstić information content (AvgIpc) is 2.62. The van der Waals surface area contributed by atoms with E-state index in [-0.39, 0.29) is 12.5 Å². The number of nitrogens with one attached hydrogen (secondary N) is 1. The molecular formula is C21H35NO3. The van der Waals surface area contributed by atoms with Gasteiger partial charge in [-0.2, -0.15) is 0 Å². The van der Waals surface area contributed by atoms with Gasteiger partial charge in [0.05, 0.1) is 0 Å². The smallest absolute Gasteiger partial charge is 0.331 e. The van der Waals surface area contributed by atoms with E-state index >= 15 is 0 Å². The minimum absolute atomic E-state index is 0.0797. The van der Waals surface area contributed by atoms with Crippen molar-refractivity contribution in [2.75, 3.05) is 13.2 Å². The number of terminal acetylenes is 1. The lowest BCUT2D eigenvalue weighted by Gasteiger charge is -2.04. The maximum absolute atomic E-state index is 11.5. The van der Waals surface area contributed by atoms with Gasteiger partial charge in [-0.1, -0.05) is 83.5 Å². The Morgan fingerprint density at radius 2 is 1.40 bits per heavy atom. The normalized spacial score (nSPS) is 10.6. The van der Waals surface area contributed by atoms with Gasteiger partial charge in [0.1, 0.15) is 0 Å². The molecule has 4 heteroatoms. The van der Waals surface area contributed by atoms with E-state index in [9.17, 15) is 9.59 Å². The number of rotatable bonds is 16. The first-order chi connectivity index (χ1) is 12.2. The van der Waals surface area contributed by atoms with Crippen LogP contribution in [-0.2, 0) is 14.3 Å². The monoisotopic (exact) mass is 349 g/mol. The summed E-state index contributed by atoms with van der Waals surface area (Å²) in [6.45, 7) is 2.81. The third-order valence-corrected chi connectivity index (χ3v) is 4.00. The zero-order chi connectivity index (χ0) is 18.6. The number of carbonyl (C=O) groups is 2. The van der Waals surface area contributed by atoms with Crippen LogP contribution in [0.15, 0.2) is 12.2 Å². The van der Waals surface area contributed by atoms with Crippen LogP contribution in [0.3, 0.4) is 0 Å². The predicted octanol–water partition coefficient (Wildman–Crippen LogP) is 4.54. The van der Waals surface area contributed by atoms with Crippen molar-refractivity contribution in [2.45, 2.75) is 84.0 Å². The van der Waals surface area contributed by atoms with Gasteiger partial charge in [-0.3, -0.25) is 4.79 Å². The summed E-state index contributed by atoms with van der Waals surface area (Å²) in [4.78, 5) is 22.6. The minimum atomic E-state index is -0.599. The molecule has 0 rings (SSSR count). The number of amides is 1. The van der Waals surface area contributed by atoms with Crippen LogP contribution in [0.25, 0.3) is 0 Å². The molecule has 0 saturated carbocycles. The van der Waals surface area contributed by atoms with E-state index in [0.717, 1.165) is 18.9 Å². The van der Waals surface area contributed by atoms with E-state index in [0.29, 0.717) is 6.54 Å². The minimum Gasteiger partial charge on any atom is -0.449 e. The fourth-order valence-corrected chi connectivity index (χ4v) is 2.54. The van der Waals surface area contributed by atoms with Crippen LogP contribution in [0, 0.1) is 12.3 Å². The number of esters is 1. The Balaban J connectivity index is 3.32. The van der Waals surface area contributed by atoms with Crippen LogP contribution in [-0.4, -0.2) is 25.0 Å². The van der Waals surface area contributed by atoms with Crippen molar-refractivity contribution in [1.82, 2.24) is 5.32 Å². The zero-order valence-corrected chi connectivity index (χ0v) is 15.9. The number of ether oxygens (including phenoxy) is 1. The molecule has 4 nitrogen and oxygen atoms in total. The molecule has 142 valence electrons. The average molecular weight is 350 g/mol. The lowest BCUT2D eigenvalue weighted by Crippen LogP contribution is -2.22. The van der Waals surface area contributed by atoms with Gasteiger partial charge in [-0.25, -0.2) is 4.79 Å². The van der Waals surface area contributed by atoms with Crippen molar-refractivity contribution >= 4 is 11.9 Å². The van der Waals surface area contributed by atoms with Crippen LogP contribution in [0.2, 0.25) is 0 Å². The first kappa shape index (κ1) is 23.2.